The number of rotatable bonds is 8. The number of nitrogens with one attached hydrogen (secondary N) is 1. The Morgan fingerprint density at radius 2 is 1.36 bits per heavy atom. The molecule has 2 fully saturated rings. The Bertz CT molecular complexity index is 560. The second-order valence-corrected chi connectivity index (χ2v) is 8.64. The normalized spacial score (nSPS) is 18.1. The summed E-state index contributed by atoms with van der Waals surface area (Å²) < 4.78 is 25.2. The predicted octanol–water partition coefficient (Wildman–Crippen LogP) is 5.88. The first kappa shape index (κ1) is 26.2. The molecule has 28 heavy (non-hydrogen) atoms. The summed E-state index contributed by atoms with van der Waals surface area (Å²) in [5.41, 5.74) is 0.856. The van der Waals surface area contributed by atoms with E-state index in [2.05, 4.69) is 21.2 Å². The molecule has 1 unspecified atom stereocenters. The van der Waals surface area contributed by atoms with Crippen molar-refractivity contribution in [2.24, 2.45) is 0 Å². The fourth-order valence-electron chi connectivity index (χ4n) is 2.49. The van der Waals surface area contributed by atoms with Crippen LogP contribution in [0.15, 0.2) is 28.7 Å². The van der Waals surface area contributed by atoms with Crippen LogP contribution in [0, 0.1) is 63.7 Å². The third-order valence-corrected chi connectivity index (χ3v) is 6.47. The zero-order valence-electron chi connectivity index (χ0n) is 15.9. The van der Waals surface area contributed by atoms with E-state index in [4.69, 9.17) is 9.05 Å². The van der Waals surface area contributed by atoms with Gasteiger partial charge in [0.2, 0.25) is 0 Å². The van der Waals surface area contributed by atoms with Crippen LogP contribution in [-0.2, 0) is 30.7 Å². The van der Waals surface area contributed by atoms with Crippen LogP contribution in [0.1, 0.15) is 13.8 Å². The summed E-state index contributed by atoms with van der Waals surface area (Å²) in [5.74, 6) is 0.344. The Morgan fingerprint density at radius 3 is 1.79 bits per heavy atom. The monoisotopic (exact) mass is 505 g/mol. The van der Waals surface area contributed by atoms with E-state index in [0.29, 0.717) is 13.2 Å². The van der Waals surface area contributed by atoms with Crippen LogP contribution >= 0.6 is 23.5 Å². The summed E-state index contributed by atoms with van der Waals surface area (Å²) in [6.07, 6.45) is 17.7. The van der Waals surface area contributed by atoms with Gasteiger partial charge in [0.15, 0.2) is 0 Å². The molecule has 0 aliphatic heterocycles. The Kier molecular flexibility index (Phi) is 13.3. The van der Waals surface area contributed by atoms with E-state index < -0.39 is 13.4 Å². The zero-order valence-corrected chi connectivity index (χ0v) is 19.5. The molecule has 0 saturated heterocycles. The largest absolute Gasteiger partial charge is 2.00 e. The molecular weight excluding hydrogens is 481 g/mol. The molecule has 0 aromatic heterocycles. The number of hydrogen-bond acceptors (Lipinski definition) is 4. The molecule has 1 atom stereocenters. The molecule has 2 saturated carbocycles. The third-order valence-electron chi connectivity index (χ3n) is 3.64. The molecule has 7 heteroatoms. The first-order valence-electron chi connectivity index (χ1n) is 8.88. The van der Waals surface area contributed by atoms with E-state index in [9.17, 15) is 4.57 Å². The van der Waals surface area contributed by atoms with E-state index in [1.807, 2.05) is 95.9 Å². The number of anilines is 1. The molecule has 1 aromatic carbocycles. The molecule has 4 nitrogen and oxygen atoms in total. The number of halogens is 1. The molecular formula is C21H25BrFeNO3P+2. The van der Waals surface area contributed by atoms with Crippen molar-refractivity contribution in [1.82, 2.24) is 0 Å². The number of benzene rings is 1. The standard InChI is InChI=1S/C16H20BrNO3P.C5H5.Fe/c1-3-20-22(19,21-4-2)16(13-7-5-6-8-13)18-15-11-9-14(17)10-12-15;1-2-4-5-3-1;/h5-12,16,18H,3-4H2,1-2H3;1-5H;/q;;+2. The molecule has 0 bridgehead atoms. The zero-order chi connectivity index (χ0) is 19.5. The van der Waals surface area contributed by atoms with E-state index in [1.165, 1.54) is 0 Å². The van der Waals surface area contributed by atoms with Crippen molar-refractivity contribution in [2.45, 2.75) is 19.6 Å². The van der Waals surface area contributed by atoms with Crippen molar-refractivity contribution in [3.05, 3.63) is 92.4 Å². The van der Waals surface area contributed by atoms with Crippen LogP contribution in [0.5, 0.6) is 0 Å². The average molecular weight is 506 g/mol. The van der Waals surface area contributed by atoms with Gasteiger partial charge in [-0.15, -0.1) is 0 Å². The fraction of sp³-hybridized carbons (Fsp3) is 0.238. The number of hydrogen-bond donors (Lipinski definition) is 1. The molecule has 0 amide bonds. The summed E-state index contributed by atoms with van der Waals surface area (Å²) in [6.45, 7) is 4.29. The topological polar surface area (TPSA) is 47.6 Å². The van der Waals surface area contributed by atoms with Gasteiger partial charge in [0.1, 0.15) is 5.78 Å². The SMILES string of the molecule is CCOP(=O)(OCC)C(Nc1ccc(Br)cc1)[C]1[CH][CH][CH][CH]1.[CH]1[CH][CH][CH][CH]1.[Fe+2]. The molecule has 1 aromatic rings. The van der Waals surface area contributed by atoms with Crippen LogP contribution in [0.3, 0.4) is 0 Å². The van der Waals surface area contributed by atoms with Gasteiger partial charge in [-0.2, -0.15) is 0 Å². The van der Waals surface area contributed by atoms with Crippen molar-refractivity contribution in [3.63, 3.8) is 0 Å². The molecule has 0 spiro atoms. The van der Waals surface area contributed by atoms with Crippen molar-refractivity contribution >= 4 is 29.2 Å². The summed E-state index contributed by atoms with van der Waals surface area (Å²) >= 11 is 3.41. The van der Waals surface area contributed by atoms with Gasteiger partial charge >= 0.3 is 24.7 Å². The van der Waals surface area contributed by atoms with Gasteiger partial charge in [-0.25, -0.2) is 0 Å². The Balaban J connectivity index is 0.000000567. The minimum atomic E-state index is -3.32. The van der Waals surface area contributed by atoms with Crippen LogP contribution in [-0.4, -0.2) is 19.0 Å². The van der Waals surface area contributed by atoms with Gasteiger partial charge in [0, 0.05) is 16.1 Å². The second kappa shape index (κ2) is 14.2. The van der Waals surface area contributed by atoms with Gasteiger partial charge in [-0.3, -0.25) is 4.57 Å². The van der Waals surface area contributed by atoms with Crippen LogP contribution in [0.25, 0.3) is 0 Å². The van der Waals surface area contributed by atoms with Crippen LogP contribution in [0.2, 0.25) is 0 Å². The van der Waals surface area contributed by atoms with Gasteiger partial charge in [0.05, 0.1) is 13.2 Å². The molecule has 150 valence electrons. The van der Waals surface area contributed by atoms with Crippen molar-refractivity contribution in [1.29, 1.82) is 0 Å². The Morgan fingerprint density at radius 1 is 0.893 bits per heavy atom. The van der Waals surface area contributed by atoms with Gasteiger partial charge in [-0.1, -0.05) is 15.9 Å². The van der Waals surface area contributed by atoms with E-state index in [-0.39, 0.29) is 17.1 Å². The maximum Gasteiger partial charge on any atom is 2.00 e. The fourth-order valence-corrected chi connectivity index (χ4v) is 4.69. The maximum absolute atomic E-state index is 13.2. The van der Waals surface area contributed by atoms with Crippen LogP contribution < -0.4 is 5.32 Å². The maximum atomic E-state index is 13.2. The van der Waals surface area contributed by atoms with Crippen molar-refractivity contribution < 1.29 is 30.7 Å². The molecule has 1 N–H and O–H groups in total. The minimum Gasteiger partial charge on any atom is -0.371 e. The second-order valence-electron chi connectivity index (χ2n) is 5.61. The van der Waals surface area contributed by atoms with Crippen LogP contribution in [0.4, 0.5) is 5.69 Å². The Hall–Kier alpha value is 0.169. The van der Waals surface area contributed by atoms with Gasteiger partial charge < -0.3 is 14.4 Å². The van der Waals surface area contributed by atoms with Crippen molar-refractivity contribution in [3.8, 4) is 0 Å². The van der Waals surface area contributed by atoms with E-state index in [0.717, 1.165) is 16.1 Å². The first-order chi connectivity index (χ1) is 13.1. The molecule has 0 heterocycles. The third kappa shape index (κ3) is 8.50. The average Bonchev–Trinajstić information content (AvgIpc) is 3.38. The summed E-state index contributed by atoms with van der Waals surface area (Å²) in [6, 6.07) is 7.69. The van der Waals surface area contributed by atoms with Crippen molar-refractivity contribution in [2.75, 3.05) is 18.5 Å². The summed E-state index contributed by atoms with van der Waals surface area (Å²) in [4.78, 5) is 0. The summed E-state index contributed by atoms with van der Waals surface area (Å²) in [5, 5.41) is 3.28. The molecule has 2 aliphatic carbocycles. The van der Waals surface area contributed by atoms with E-state index >= 15 is 0 Å². The molecule has 10 radical (unpaired) electrons. The smallest absolute Gasteiger partial charge is 0.371 e. The summed E-state index contributed by atoms with van der Waals surface area (Å²) in [7, 11) is -3.32. The van der Waals surface area contributed by atoms with Gasteiger partial charge in [0.25, 0.3) is 0 Å². The first-order valence-corrected chi connectivity index (χ1v) is 11.3. The van der Waals surface area contributed by atoms with Gasteiger partial charge in [-0.05, 0) is 95.9 Å². The quantitative estimate of drug-likeness (QED) is 0.354. The Labute approximate surface area is 190 Å². The minimum absolute atomic E-state index is 0. The molecule has 2 aliphatic rings. The molecule has 3 rings (SSSR count). The van der Waals surface area contributed by atoms with E-state index in [1.54, 1.807) is 0 Å². The predicted molar refractivity (Wildman–Crippen MR) is 114 cm³/mol.